The van der Waals surface area contributed by atoms with Gasteiger partial charge in [0.25, 0.3) is 0 Å². The van der Waals surface area contributed by atoms with Crippen molar-refractivity contribution in [2.24, 2.45) is 5.92 Å². The van der Waals surface area contributed by atoms with Crippen LogP contribution in [0.2, 0.25) is 0 Å². The van der Waals surface area contributed by atoms with Gasteiger partial charge in [-0.05, 0) is 38.0 Å². The highest BCUT2D eigenvalue weighted by molar-refractivity contribution is 5.69. The average Bonchev–Trinajstić information content (AvgIpc) is 2.80. The smallest absolute Gasteiger partial charge is 0.305 e. The lowest BCUT2D eigenvalue weighted by Crippen LogP contribution is -2.09. The van der Waals surface area contributed by atoms with Gasteiger partial charge in [0.2, 0.25) is 0 Å². The molecule has 0 saturated carbocycles. The van der Waals surface area contributed by atoms with E-state index in [4.69, 9.17) is 14.2 Å². The Kier molecular flexibility index (Phi) is 24.7. The van der Waals surface area contributed by atoms with Crippen LogP contribution in [0.4, 0.5) is 0 Å². The molecule has 0 N–H and O–H groups in total. The van der Waals surface area contributed by atoms with Crippen LogP contribution in [0.5, 0.6) is 0 Å². The van der Waals surface area contributed by atoms with E-state index in [1.54, 1.807) is 7.11 Å². The summed E-state index contributed by atoms with van der Waals surface area (Å²) in [6.45, 7) is 6.26. The fourth-order valence-corrected chi connectivity index (χ4v) is 3.83. The number of carbonyl (C=O) groups excluding carboxylic acids is 2. The Labute approximate surface area is 204 Å². The van der Waals surface area contributed by atoms with Gasteiger partial charge in [0, 0.05) is 26.6 Å². The van der Waals surface area contributed by atoms with Crippen molar-refractivity contribution in [2.75, 3.05) is 26.9 Å². The van der Waals surface area contributed by atoms with Gasteiger partial charge in [-0.25, -0.2) is 0 Å². The monoisotopic (exact) mass is 470 g/mol. The van der Waals surface area contributed by atoms with E-state index in [9.17, 15) is 9.59 Å². The molecule has 0 fully saturated rings. The summed E-state index contributed by atoms with van der Waals surface area (Å²) in [7, 11) is 1.71. The van der Waals surface area contributed by atoms with Crippen LogP contribution in [0.25, 0.3) is 0 Å². The Hall–Kier alpha value is -1.10. The molecule has 0 radical (unpaired) electrons. The van der Waals surface area contributed by atoms with Gasteiger partial charge in [0.05, 0.1) is 13.2 Å². The van der Waals surface area contributed by atoms with Crippen LogP contribution in [-0.4, -0.2) is 38.9 Å². The molecule has 0 aromatic carbocycles. The second-order valence-electron chi connectivity index (χ2n) is 9.57. The minimum atomic E-state index is -0.0799. The van der Waals surface area contributed by atoms with E-state index in [1.807, 2.05) is 0 Å². The van der Waals surface area contributed by atoms with Gasteiger partial charge < -0.3 is 14.2 Å². The summed E-state index contributed by atoms with van der Waals surface area (Å²) in [6.07, 6.45) is 20.5. The van der Waals surface area contributed by atoms with E-state index in [0.29, 0.717) is 32.0 Å². The zero-order valence-corrected chi connectivity index (χ0v) is 22.2. The molecule has 0 heterocycles. The Balaban J connectivity index is 3.31. The number of ether oxygens (including phenoxy) is 3. The average molecular weight is 471 g/mol. The second kappa shape index (κ2) is 25.5. The molecule has 0 amide bonds. The fraction of sp³-hybridized carbons (Fsp3) is 0.929. The molecule has 5 nitrogen and oxygen atoms in total. The summed E-state index contributed by atoms with van der Waals surface area (Å²) in [5.74, 6) is 0.391. The predicted molar refractivity (Wildman–Crippen MR) is 136 cm³/mol. The van der Waals surface area contributed by atoms with Crippen molar-refractivity contribution < 1.29 is 23.8 Å². The van der Waals surface area contributed by atoms with Crippen LogP contribution in [0.15, 0.2) is 0 Å². The molecule has 0 aliphatic carbocycles. The largest absolute Gasteiger partial charge is 0.466 e. The molecule has 0 spiro atoms. The molecular formula is C28H54O5. The Morgan fingerprint density at radius 2 is 1.00 bits per heavy atom. The SMILES string of the molecule is CCCCCCCCCCCOC(=O)CCCCCCCCC(=O)OCCC(C)CCOC. The summed E-state index contributed by atoms with van der Waals surface area (Å²) < 4.78 is 15.7. The lowest BCUT2D eigenvalue weighted by Gasteiger charge is -2.11. The Morgan fingerprint density at radius 3 is 1.52 bits per heavy atom. The molecule has 0 aliphatic heterocycles. The first-order chi connectivity index (χ1) is 16.1. The van der Waals surface area contributed by atoms with Crippen molar-refractivity contribution in [1.82, 2.24) is 0 Å². The van der Waals surface area contributed by atoms with Gasteiger partial charge in [0.15, 0.2) is 0 Å². The van der Waals surface area contributed by atoms with Crippen molar-refractivity contribution in [3.8, 4) is 0 Å². The third-order valence-corrected chi connectivity index (χ3v) is 6.21. The predicted octanol–water partition coefficient (Wildman–Crippen LogP) is 7.79. The van der Waals surface area contributed by atoms with Crippen LogP contribution in [0.3, 0.4) is 0 Å². The summed E-state index contributed by atoms with van der Waals surface area (Å²) >= 11 is 0. The molecule has 0 bridgehead atoms. The maximum Gasteiger partial charge on any atom is 0.305 e. The highest BCUT2D eigenvalue weighted by Crippen LogP contribution is 2.12. The summed E-state index contributed by atoms with van der Waals surface area (Å²) in [6, 6.07) is 0. The number of esters is 2. The third kappa shape index (κ3) is 25.4. The minimum Gasteiger partial charge on any atom is -0.466 e. The summed E-state index contributed by atoms with van der Waals surface area (Å²) in [4.78, 5) is 23.5. The molecule has 0 aromatic rings. The topological polar surface area (TPSA) is 61.8 Å². The molecule has 0 rings (SSSR count). The number of hydrogen-bond acceptors (Lipinski definition) is 5. The zero-order valence-electron chi connectivity index (χ0n) is 22.2. The first-order valence-corrected chi connectivity index (χ1v) is 13.9. The number of methoxy groups -OCH3 is 1. The Morgan fingerprint density at radius 1 is 0.576 bits per heavy atom. The number of hydrogen-bond donors (Lipinski definition) is 0. The number of unbranched alkanes of at least 4 members (excludes halogenated alkanes) is 13. The first kappa shape index (κ1) is 31.9. The van der Waals surface area contributed by atoms with Crippen molar-refractivity contribution >= 4 is 11.9 Å². The van der Waals surface area contributed by atoms with Crippen LogP contribution in [-0.2, 0) is 23.8 Å². The molecule has 196 valence electrons. The highest BCUT2D eigenvalue weighted by Gasteiger charge is 2.06. The highest BCUT2D eigenvalue weighted by atomic mass is 16.5. The van der Waals surface area contributed by atoms with Crippen LogP contribution in [0.1, 0.15) is 136 Å². The molecular weight excluding hydrogens is 416 g/mol. The van der Waals surface area contributed by atoms with E-state index in [1.165, 1.54) is 51.4 Å². The lowest BCUT2D eigenvalue weighted by molar-refractivity contribution is -0.145. The lowest BCUT2D eigenvalue weighted by atomic mass is 10.1. The maximum atomic E-state index is 11.8. The third-order valence-electron chi connectivity index (χ3n) is 6.21. The van der Waals surface area contributed by atoms with Crippen LogP contribution >= 0.6 is 0 Å². The molecule has 33 heavy (non-hydrogen) atoms. The molecule has 5 heteroatoms. The normalized spacial score (nSPS) is 12.0. The van der Waals surface area contributed by atoms with Crippen LogP contribution in [0, 0.1) is 5.92 Å². The van der Waals surface area contributed by atoms with Crippen molar-refractivity contribution in [2.45, 2.75) is 136 Å². The Bertz CT molecular complexity index is 438. The maximum absolute atomic E-state index is 11.8. The van der Waals surface area contributed by atoms with E-state index in [2.05, 4.69) is 13.8 Å². The molecule has 0 saturated heterocycles. The first-order valence-electron chi connectivity index (χ1n) is 13.9. The summed E-state index contributed by atoms with van der Waals surface area (Å²) in [5, 5.41) is 0. The standard InChI is InChI=1S/C28H54O5/c1-4-5-6-7-8-9-12-15-18-23-32-27(29)19-16-13-10-11-14-17-20-28(30)33-25-22-26(2)21-24-31-3/h26H,4-25H2,1-3H3. The van der Waals surface area contributed by atoms with Gasteiger partial charge in [-0.1, -0.05) is 90.9 Å². The van der Waals surface area contributed by atoms with Gasteiger partial charge in [-0.15, -0.1) is 0 Å². The minimum absolute atomic E-state index is 0.0474. The second-order valence-corrected chi connectivity index (χ2v) is 9.57. The molecule has 1 unspecified atom stereocenters. The molecule has 0 aromatic heterocycles. The van der Waals surface area contributed by atoms with Crippen molar-refractivity contribution in [1.29, 1.82) is 0 Å². The van der Waals surface area contributed by atoms with Gasteiger partial charge in [-0.2, -0.15) is 0 Å². The van der Waals surface area contributed by atoms with Gasteiger partial charge >= 0.3 is 11.9 Å². The number of rotatable bonds is 25. The van der Waals surface area contributed by atoms with Crippen molar-refractivity contribution in [3.63, 3.8) is 0 Å². The molecule has 0 aliphatic rings. The van der Waals surface area contributed by atoms with Crippen molar-refractivity contribution in [3.05, 3.63) is 0 Å². The van der Waals surface area contributed by atoms with Crippen LogP contribution < -0.4 is 0 Å². The van der Waals surface area contributed by atoms with E-state index in [0.717, 1.165) is 64.4 Å². The summed E-state index contributed by atoms with van der Waals surface area (Å²) in [5.41, 5.74) is 0. The van der Waals surface area contributed by atoms with E-state index < -0.39 is 0 Å². The molecule has 1 atom stereocenters. The fourth-order valence-electron chi connectivity index (χ4n) is 3.83. The quantitative estimate of drug-likeness (QED) is 0.101. The van der Waals surface area contributed by atoms with E-state index in [-0.39, 0.29) is 11.9 Å². The number of carbonyl (C=O) groups is 2. The van der Waals surface area contributed by atoms with Gasteiger partial charge in [0.1, 0.15) is 0 Å². The zero-order chi connectivity index (χ0) is 24.4. The van der Waals surface area contributed by atoms with E-state index >= 15 is 0 Å². The van der Waals surface area contributed by atoms with Gasteiger partial charge in [-0.3, -0.25) is 9.59 Å².